The molecule has 0 N–H and O–H groups in total. The van der Waals surface area contributed by atoms with E-state index < -0.39 is 0 Å². The second-order valence-corrected chi connectivity index (χ2v) is 3.73. The van der Waals surface area contributed by atoms with Gasteiger partial charge in [-0.1, -0.05) is 24.4 Å². The van der Waals surface area contributed by atoms with Crippen LogP contribution in [0.2, 0.25) is 0 Å². The predicted octanol–water partition coefficient (Wildman–Crippen LogP) is 0.776. The molecule has 1 heterocycles. The Hall–Kier alpha value is 0.130. The van der Waals surface area contributed by atoms with E-state index in [9.17, 15) is 0 Å². The molecule has 0 atom stereocenters. The molecule has 0 amide bonds. The molecule has 0 aliphatic carbocycles. The van der Waals surface area contributed by atoms with Crippen LogP contribution >= 0.6 is 37.1 Å². The molecule has 0 unspecified atom stereocenters. The average Bonchev–Trinajstić information content (AvgIpc) is 2.05. The van der Waals surface area contributed by atoms with Crippen LogP contribution in [-0.4, -0.2) is 45.8 Å². The second-order valence-electron chi connectivity index (χ2n) is 2.41. The molecular weight excluding hydrogens is 196 g/mol. The van der Waals surface area contributed by atoms with E-state index in [0.717, 1.165) is 26.2 Å². The Morgan fingerprint density at radius 3 is 2.18 bits per heavy atom. The number of rotatable bonds is 1. The molecule has 62 valence electrons. The van der Waals surface area contributed by atoms with Gasteiger partial charge in [-0.3, -0.25) is 0 Å². The van der Waals surface area contributed by atoms with Crippen molar-refractivity contribution in [2.24, 2.45) is 0 Å². The van der Waals surface area contributed by atoms with Crippen molar-refractivity contribution in [1.29, 1.82) is 0 Å². The van der Waals surface area contributed by atoms with Gasteiger partial charge < -0.3 is 9.80 Å². The molecule has 11 heavy (non-hydrogen) atoms. The maximum atomic E-state index is 4.93. The van der Waals surface area contributed by atoms with E-state index in [-0.39, 0.29) is 0 Å². The summed E-state index contributed by atoms with van der Waals surface area (Å²) >= 11 is 13.8. The van der Waals surface area contributed by atoms with Crippen LogP contribution in [0.15, 0.2) is 0 Å². The standard InChI is InChI=1S/C6H10N2S3/c9-5-7-1-3-8(4-2-7)6(10)11/h5H,1-4H2,(H,10,11). The first-order valence-corrected chi connectivity index (χ1v) is 4.74. The predicted molar refractivity (Wildman–Crippen MR) is 58.4 cm³/mol. The Morgan fingerprint density at radius 2 is 1.82 bits per heavy atom. The van der Waals surface area contributed by atoms with Crippen LogP contribution in [0.25, 0.3) is 0 Å². The van der Waals surface area contributed by atoms with Crippen molar-refractivity contribution in [3.8, 4) is 0 Å². The molecule has 0 aromatic heterocycles. The van der Waals surface area contributed by atoms with Crippen LogP contribution in [0.1, 0.15) is 0 Å². The van der Waals surface area contributed by atoms with Crippen LogP contribution < -0.4 is 0 Å². The number of piperazine rings is 1. The molecule has 1 aliphatic heterocycles. The van der Waals surface area contributed by atoms with Crippen molar-refractivity contribution in [3.05, 3.63) is 0 Å². The first-order valence-electron chi connectivity index (χ1n) is 3.41. The highest BCUT2D eigenvalue weighted by molar-refractivity contribution is 8.10. The minimum absolute atomic E-state index is 0.689. The minimum atomic E-state index is 0.689. The Labute approximate surface area is 83.0 Å². The largest absolute Gasteiger partial charge is 0.365 e. The fraction of sp³-hybridized carbons (Fsp3) is 0.667. The van der Waals surface area contributed by atoms with E-state index >= 15 is 0 Å². The van der Waals surface area contributed by atoms with Crippen LogP contribution in [0.5, 0.6) is 0 Å². The zero-order chi connectivity index (χ0) is 8.27. The van der Waals surface area contributed by atoms with Crippen molar-refractivity contribution in [3.63, 3.8) is 0 Å². The maximum absolute atomic E-state index is 4.93. The lowest BCUT2D eigenvalue weighted by atomic mass is 10.4. The summed E-state index contributed by atoms with van der Waals surface area (Å²) in [4.78, 5) is 4.19. The normalized spacial score (nSPS) is 18.3. The van der Waals surface area contributed by atoms with E-state index in [1.807, 2.05) is 0 Å². The van der Waals surface area contributed by atoms with Crippen molar-refractivity contribution in [2.45, 2.75) is 0 Å². The summed E-state index contributed by atoms with van der Waals surface area (Å²) in [5.41, 5.74) is 1.71. The molecule has 0 spiro atoms. The molecule has 0 aromatic rings. The summed E-state index contributed by atoms with van der Waals surface area (Å²) in [7, 11) is 0. The molecule has 0 radical (unpaired) electrons. The summed E-state index contributed by atoms with van der Waals surface area (Å²) in [5.74, 6) is 0. The molecule has 1 rings (SSSR count). The zero-order valence-electron chi connectivity index (χ0n) is 6.06. The fourth-order valence-electron chi connectivity index (χ4n) is 1.02. The van der Waals surface area contributed by atoms with E-state index in [2.05, 4.69) is 22.4 Å². The molecular formula is C6H10N2S3. The van der Waals surface area contributed by atoms with Crippen molar-refractivity contribution >= 4 is 46.9 Å². The van der Waals surface area contributed by atoms with Crippen LogP contribution in [0.3, 0.4) is 0 Å². The Kier molecular flexibility index (Phi) is 3.54. The molecule has 0 bridgehead atoms. The average molecular weight is 206 g/mol. The van der Waals surface area contributed by atoms with E-state index in [1.165, 1.54) is 0 Å². The van der Waals surface area contributed by atoms with E-state index in [0.29, 0.717) is 4.32 Å². The highest BCUT2D eigenvalue weighted by Gasteiger charge is 2.14. The number of thiol groups is 1. The Bertz CT molecular complexity index is 163. The molecule has 2 nitrogen and oxygen atoms in total. The van der Waals surface area contributed by atoms with Gasteiger partial charge in [-0.15, -0.1) is 12.6 Å². The van der Waals surface area contributed by atoms with Crippen molar-refractivity contribution < 1.29 is 0 Å². The lowest BCUT2D eigenvalue weighted by Gasteiger charge is -2.33. The SMILES string of the molecule is S=CN1CCN(C(=S)S)CC1. The molecule has 1 aliphatic rings. The molecule has 5 heteroatoms. The van der Waals surface area contributed by atoms with E-state index in [4.69, 9.17) is 24.4 Å². The fourth-order valence-corrected chi connectivity index (χ4v) is 1.61. The van der Waals surface area contributed by atoms with Gasteiger partial charge in [0.15, 0.2) is 0 Å². The topological polar surface area (TPSA) is 6.48 Å². The molecule has 0 aromatic carbocycles. The van der Waals surface area contributed by atoms with Crippen LogP contribution in [-0.2, 0) is 0 Å². The maximum Gasteiger partial charge on any atom is 0.133 e. The summed E-state index contributed by atoms with van der Waals surface area (Å²) in [6.07, 6.45) is 0. The number of nitrogens with zero attached hydrogens (tertiary/aromatic N) is 2. The first-order chi connectivity index (χ1) is 5.24. The Balaban J connectivity index is 2.35. The van der Waals surface area contributed by atoms with Gasteiger partial charge in [0.05, 0.1) is 5.49 Å². The van der Waals surface area contributed by atoms with Crippen LogP contribution in [0, 0.1) is 0 Å². The summed E-state index contributed by atoms with van der Waals surface area (Å²) in [5, 5.41) is 0. The second kappa shape index (κ2) is 4.23. The van der Waals surface area contributed by atoms with Gasteiger partial charge in [0, 0.05) is 26.2 Å². The van der Waals surface area contributed by atoms with Crippen LogP contribution in [0.4, 0.5) is 0 Å². The van der Waals surface area contributed by atoms with Gasteiger partial charge >= 0.3 is 0 Å². The van der Waals surface area contributed by atoms with Crippen molar-refractivity contribution in [2.75, 3.05) is 26.2 Å². The highest BCUT2D eigenvalue weighted by atomic mass is 32.1. The molecule has 1 saturated heterocycles. The van der Waals surface area contributed by atoms with E-state index in [1.54, 1.807) is 5.49 Å². The minimum Gasteiger partial charge on any atom is -0.365 e. The molecule has 1 fully saturated rings. The first kappa shape index (κ1) is 9.22. The summed E-state index contributed by atoms with van der Waals surface area (Å²) in [6.45, 7) is 3.80. The monoisotopic (exact) mass is 206 g/mol. The zero-order valence-corrected chi connectivity index (χ0v) is 8.59. The number of thiocarbonyl (C=S) groups is 2. The summed E-state index contributed by atoms with van der Waals surface area (Å²) in [6, 6.07) is 0. The summed E-state index contributed by atoms with van der Waals surface area (Å²) < 4.78 is 0.689. The third-order valence-electron chi connectivity index (χ3n) is 1.73. The quantitative estimate of drug-likeness (QED) is 0.500. The van der Waals surface area contributed by atoms with Gasteiger partial charge in [-0.25, -0.2) is 0 Å². The third-order valence-corrected chi connectivity index (χ3v) is 2.57. The molecule has 0 saturated carbocycles. The third kappa shape index (κ3) is 2.57. The lowest BCUT2D eigenvalue weighted by molar-refractivity contribution is 0.273. The lowest BCUT2D eigenvalue weighted by Crippen LogP contribution is -2.46. The van der Waals surface area contributed by atoms with Gasteiger partial charge in [0.1, 0.15) is 4.32 Å². The number of hydrogen-bond acceptors (Lipinski definition) is 2. The van der Waals surface area contributed by atoms with Gasteiger partial charge in [-0.05, 0) is 0 Å². The van der Waals surface area contributed by atoms with Gasteiger partial charge in [-0.2, -0.15) is 0 Å². The smallest absolute Gasteiger partial charge is 0.133 e. The Morgan fingerprint density at radius 1 is 1.27 bits per heavy atom. The number of hydrogen-bond donors (Lipinski definition) is 1. The van der Waals surface area contributed by atoms with Gasteiger partial charge in [0.2, 0.25) is 0 Å². The highest BCUT2D eigenvalue weighted by Crippen LogP contribution is 2.02. The van der Waals surface area contributed by atoms with Gasteiger partial charge in [0.25, 0.3) is 0 Å². The van der Waals surface area contributed by atoms with Crippen molar-refractivity contribution in [1.82, 2.24) is 9.80 Å².